The third-order valence-electron chi connectivity index (χ3n) is 2.80. The van der Waals surface area contributed by atoms with Crippen molar-refractivity contribution in [2.45, 2.75) is 12.5 Å². The van der Waals surface area contributed by atoms with Gasteiger partial charge in [0.1, 0.15) is 0 Å². The van der Waals surface area contributed by atoms with Gasteiger partial charge < -0.3 is 10.2 Å². The molecular formula is C17H18O3. The van der Waals surface area contributed by atoms with E-state index in [-0.39, 0.29) is 5.57 Å². The van der Waals surface area contributed by atoms with Crippen LogP contribution in [0, 0.1) is 0 Å². The molecule has 0 saturated heterocycles. The Morgan fingerprint density at radius 2 is 1.90 bits per heavy atom. The molecule has 0 saturated carbocycles. The van der Waals surface area contributed by atoms with Crippen LogP contribution in [-0.2, 0) is 10.4 Å². The number of carboxylic acids is 1. The molecule has 0 radical (unpaired) electrons. The highest BCUT2D eigenvalue weighted by atomic mass is 16.4. The van der Waals surface area contributed by atoms with Crippen molar-refractivity contribution in [2.24, 2.45) is 0 Å². The lowest BCUT2D eigenvalue weighted by molar-refractivity contribution is -0.155. The van der Waals surface area contributed by atoms with Gasteiger partial charge in [0.15, 0.2) is 0 Å². The summed E-state index contributed by atoms with van der Waals surface area (Å²) in [5, 5.41) is 20.1. The van der Waals surface area contributed by atoms with Gasteiger partial charge in [0.25, 0.3) is 0 Å². The van der Waals surface area contributed by atoms with Gasteiger partial charge in [0, 0.05) is 0 Å². The first-order valence-corrected chi connectivity index (χ1v) is 6.21. The van der Waals surface area contributed by atoms with Crippen molar-refractivity contribution in [3.8, 4) is 0 Å². The number of allylic oxidation sites excluding steroid dienone is 5. The van der Waals surface area contributed by atoms with Crippen LogP contribution in [0.3, 0.4) is 0 Å². The van der Waals surface area contributed by atoms with E-state index in [1.165, 1.54) is 12.2 Å². The third kappa shape index (κ3) is 3.33. The van der Waals surface area contributed by atoms with Gasteiger partial charge in [-0.1, -0.05) is 73.4 Å². The number of benzene rings is 1. The van der Waals surface area contributed by atoms with E-state index in [2.05, 4.69) is 6.58 Å². The normalized spacial score (nSPS) is 15.4. The number of carboxylic acid groups (broad SMARTS) is 1. The molecule has 1 atom stereocenters. The van der Waals surface area contributed by atoms with E-state index in [9.17, 15) is 15.0 Å². The zero-order chi connectivity index (χ0) is 15.0. The van der Waals surface area contributed by atoms with Crippen molar-refractivity contribution in [1.82, 2.24) is 0 Å². The molecule has 0 amide bonds. The predicted molar refractivity (Wildman–Crippen MR) is 80.2 cm³/mol. The van der Waals surface area contributed by atoms with E-state index in [4.69, 9.17) is 0 Å². The van der Waals surface area contributed by atoms with Gasteiger partial charge in [0.2, 0.25) is 5.60 Å². The van der Waals surface area contributed by atoms with Gasteiger partial charge in [-0.3, -0.25) is 0 Å². The maximum atomic E-state index is 11.6. The number of hydrogen-bond donors (Lipinski definition) is 2. The molecule has 3 heteroatoms. The number of rotatable bonds is 6. The highest BCUT2D eigenvalue weighted by molar-refractivity contribution is 5.84. The zero-order valence-corrected chi connectivity index (χ0v) is 11.4. The van der Waals surface area contributed by atoms with Gasteiger partial charge in [-0.25, -0.2) is 4.79 Å². The van der Waals surface area contributed by atoms with Gasteiger partial charge >= 0.3 is 5.97 Å². The van der Waals surface area contributed by atoms with Crippen LogP contribution < -0.4 is 0 Å². The summed E-state index contributed by atoms with van der Waals surface area (Å²) in [5.41, 5.74) is -1.57. The van der Waals surface area contributed by atoms with Crippen LogP contribution >= 0.6 is 0 Å². The van der Waals surface area contributed by atoms with E-state index >= 15 is 0 Å². The minimum Gasteiger partial charge on any atom is -0.479 e. The molecule has 2 N–H and O–H groups in total. The summed E-state index contributed by atoms with van der Waals surface area (Å²) in [4.78, 5) is 11.6. The molecule has 0 aliphatic carbocycles. The number of aliphatic hydroxyl groups is 1. The van der Waals surface area contributed by atoms with Crippen LogP contribution in [0.4, 0.5) is 0 Å². The second kappa shape index (κ2) is 7.26. The summed E-state index contributed by atoms with van der Waals surface area (Å²) in [6, 6.07) is 8.29. The summed E-state index contributed by atoms with van der Waals surface area (Å²) in [7, 11) is 0. The number of carbonyl (C=O) groups is 1. The number of aliphatic carboxylic acids is 1. The van der Waals surface area contributed by atoms with Crippen molar-refractivity contribution in [1.29, 1.82) is 0 Å². The first kappa shape index (κ1) is 15.7. The molecule has 0 bridgehead atoms. The molecule has 0 aliphatic rings. The molecule has 1 rings (SSSR count). The quantitative estimate of drug-likeness (QED) is 0.780. The highest BCUT2D eigenvalue weighted by Gasteiger charge is 2.40. The lowest BCUT2D eigenvalue weighted by atomic mass is 9.85. The maximum Gasteiger partial charge on any atom is 0.345 e. The first-order valence-electron chi connectivity index (χ1n) is 6.21. The van der Waals surface area contributed by atoms with E-state index in [1.54, 1.807) is 48.6 Å². The van der Waals surface area contributed by atoms with Crippen molar-refractivity contribution >= 4 is 5.97 Å². The van der Waals surface area contributed by atoms with E-state index in [1.807, 2.05) is 13.0 Å². The Bertz CT molecular complexity index is 553. The summed E-state index contributed by atoms with van der Waals surface area (Å²) in [5.74, 6) is -1.33. The second-order valence-corrected chi connectivity index (χ2v) is 4.12. The average Bonchev–Trinajstić information content (AvgIpc) is 2.46. The van der Waals surface area contributed by atoms with E-state index < -0.39 is 11.6 Å². The van der Waals surface area contributed by atoms with Crippen molar-refractivity contribution in [3.63, 3.8) is 0 Å². The molecule has 20 heavy (non-hydrogen) atoms. The third-order valence-corrected chi connectivity index (χ3v) is 2.80. The molecule has 104 valence electrons. The summed E-state index contributed by atoms with van der Waals surface area (Å²) >= 11 is 0. The SMILES string of the molecule is C=C\C=C(/C=C\C=C/C)C(O)(C(=O)O)c1ccccc1. The molecule has 1 aromatic rings. The summed E-state index contributed by atoms with van der Waals surface area (Å²) in [6.45, 7) is 5.41. The Morgan fingerprint density at radius 1 is 1.25 bits per heavy atom. The largest absolute Gasteiger partial charge is 0.479 e. The Kier molecular flexibility index (Phi) is 5.69. The lowest BCUT2D eigenvalue weighted by Crippen LogP contribution is -2.37. The lowest BCUT2D eigenvalue weighted by Gasteiger charge is -2.25. The Labute approximate surface area is 118 Å². The molecule has 3 nitrogen and oxygen atoms in total. The molecule has 1 unspecified atom stereocenters. The smallest absolute Gasteiger partial charge is 0.345 e. The van der Waals surface area contributed by atoms with Gasteiger partial charge in [0.05, 0.1) is 0 Å². The Balaban J connectivity index is 3.39. The predicted octanol–water partition coefficient (Wildman–Crippen LogP) is 3.20. The monoisotopic (exact) mass is 270 g/mol. The van der Waals surface area contributed by atoms with Gasteiger partial charge in [-0.15, -0.1) is 0 Å². The topological polar surface area (TPSA) is 57.5 Å². The molecule has 0 aliphatic heterocycles. The van der Waals surface area contributed by atoms with Crippen LogP contribution in [0.5, 0.6) is 0 Å². The Morgan fingerprint density at radius 3 is 2.40 bits per heavy atom. The van der Waals surface area contributed by atoms with Crippen molar-refractivity contribution < 1.29 is 15.0 Å². The average molecular weight is 270 g/mol. The Hall–Kier alpha value is -2.39. The summed E-state index contributed by atoms with van der Waals surface area (Å²) in [6.07, 6.45) is 9.73. The van der Waals surface area contributed by atoms with Crippen molar-refractivity contribution in [3.05, 3.63) is 84.5 Å². The summed E-state index contributed by atoms with van der Waals surface area (Å²) < 4.78 is 0. The minimum atomic E-state index is -2.10. The highest BCUT2D eigenvalue weighted by Crippen LogP contribution is 2.31. The molecule has 1 aromatic carbocycles. The molecule has 0 spiro atoms. The van der Waals surface area contributed by atoms with Crippen LogP contribution in [0.2, 0.25) is 0 Å². The minimum absolute atomic E-state index is 0.240. The van der Waals surface area contributed by atoms with E-state index in [0.717, 1.165) is 0 Å². The van der Waals surface area contributed by atoms with Crippen LogP contribution in [-0.4, -0.2) is 16.2 Å². The van der Waals surface area contributed by atoms with Crippen LogP contribution in [0.15, 0.2) is 78.9 Å². The standard InChI is InChI=1S/C17H18O3/c1-3-5-7-11-14(10-4-2)17(20,16(18)19)15-12-8-6-9-13-15/h3-13,20H,2H2,1H3,(H,18,19)/b5-3-,11-7-,14-10+. The fraction of sp³-hybridized carbons (Fsp3) is 0.118. The maximum absolute atomic E-state index is 11.6. The zero-order valence-electron chi connectivity index (χ0n) is 11.4. The van der Waals surface area contributed by atoms with Crippen molar-refractivity contribution in [2.75, 3.05) is 0 Å². The second-order valence-electron chi connectivity index (χ2n) is 4.12. The molecule has 0 heterocycles. The molecule has 0 fully saturated rings. The van der Waals surface area contributed by atoms with Crippen LogP contribution in [0.25, 0.3) is 0 Å². The molecule has 0 aromatic heterocycles. The fourth-order valence-corrected chi connectivity index (χ4v) is 1.79. The van der Waals surface area contributed by atoms with E-state index in [0.29, 0.717) is 5.56 Å². The molecular weight excluding hydrogens is 252 g/mol. The first-order chi connectivity index (χ1) is 9.57. The number of hydrogen-bond acceptors (Lipinski definition) is 2. The fourth-order valence-electron chi connectivity index (χ4n) is 1.79. The van der Waals surface area contributed by atoms with Gasteiger partial charge in [-0.05, 0) is 18.1 Å². The van der Waals surface area contributed by atoms with Gasteiger partial charge in [-0.2, -0.15) is 0 Å². The van der Waals surface area contributed by atoms with Crippen LogP contribution in [0.1, 0.15) is 12.5 Å².